The van der Waals surface area contributed by atoms with Gasteiger partial charge in [-0.05, 0) is 6.92 Å². The number of carbonyl (C=O) groups is 1. The Labute approximate surface area is 52.9 Å². The zero-order valence-electron chi connectivity index (χ0n) is 5.18. The Morgan fingerprint density at radius 3 is 2.78 bits per heavy atom. The van der Waals surface area contributed by atoms with Crippen molar-refractivity contribution < 1.29 is 14.6 Å². The van der Waals surface area contributed by atoms with Gasteiger partial charge in [0.1, 0.15) is 0 Å². The molecular formula is C6H8O3. The summed E-state index contributed by atoms with van der Waals surface area (Å²) in [5.74, 6) is -0.245. The smallest absolute Gasteiger partial charge is 0.283 e. The van der Waals surface area contributed by atoms with Crippen LogP contribution in [0.25, 0.3) is 0 Å². The van der Waals surface area contributed by atoms with Gasteiger partial charge in [0.25, 0.3) is 5.95 Å². The maximum Gasteiger partial charge on any atom is 0.283 e. The second-order valence-electron chi connectivity index (χ2n) is 1.95. The van der Waals surface area contributed by atoms with Gasteiger partial charge >= 0.3 is 0 Å². The molecule has 1 aliphatic heterocycles. The third kappa shape index (κ3) is 1.04. The molecule has 3 heteroatoms. The first-order valence-corrected chi connectivity index (χ1v) is 2.77. The Morgan fingerprint density at radius 1 is 1.67 bits per heavy atom. The molecule has 0 bridgehead atoms. The number of aliphatic hydroxyl groups excluding tert-OH is 1. The molecule has 9 heavy (non-hydrogen) atoms. The maximum absolute atomic E-state index is 10.7. The van der Waals surface area contributed by atoms with Crippen molar-refractivity contribution >= 4 is 5.78 Å². The number of ether oxygens (including phenoxy) is 1. The van der Waals surface area contributed by atoms with Crippen molar-refractivity contribution in [2.45, 2.75) is 13.3 Å². The predicted octanol–water partition coefficient (Wildman–Crippen LogP) is 0.765. The summed E-state index contributed by atoms with van der Waals surface area (Å²) in [6, 6.07) is 0. The molecule has 0 unspecified atom stereocenters. The van der Waals surface area contributed by atoms with Gasteiger partial charge in [-0.1, -0.05) is 0 Å². The quantitative estimate of drug-likeness (QED) is 0.524. The van der Waals surface area contributed by atoms with E-state index >= 15 is 0 Å². The van der Waals surface area contributed by atoms with Crippen molar-refractivity contribution in [2.24, 2.45) is 0 Å². The van der Waals surface area contributed by atoms with Gasteiger partial charge < -0.3 is 9.84 Å². The second kappa shape index (κ2) is 2.09. The van der Waals surface area contributed by atoms with Crippen LogP contribution < -0.4 is 0 Å². The number of hydrogen-bond donors (Lipinski definition) is 1. The van der Waals surface area contributed by atoms with Crippen LogP contribution in [0.15, 0.2) is 11.5 Å². The number of Topliss-reactive ketones (excluding diaryl/α,β-unsaturated/α-hetero) is 1. The molecule has 1 rings (SSSR count). The lowest BCUT2D eigenvalue weighted by molar-refractivity contribution is -0.119. The van der Waals surface area contributed by atoms with E-state index in [0.717, 1.165) is 0 Å². The molecule has 0 saturated heterocycles. The molecule has 1 N–H and O–H groups in total. The maximum atomic E-state index is 10.7. The van der Waals surface area contributed by atoms with Crippen molar-refractivity contribution in [1.82, 2.24) is 0 Å². The van der Waals surface area contributed by atoms with Gasteiger partial charge in [0.05, 0.1) is 12.2 Å². The van der Waals surface area contributed by atoms with Gasteiger partial charge in [-0.15, -0.1) is 0 Å². The molecule has 0 aromatic carbocycles. The van der Waals surface area contributed by atoms with Crippen LogP contribution in [0.4, 0.5) is 0 Å². The summed E-state index contributed by atoms with van der Waals surface area (Å²) in [7, 11) is 0. The van der Waals surface area contributed by atoms with Crippen LogP contribution >= 0.6 is 0 Å². The van der Waals surface area contributed by atoms with Crippen LogP contribution in [0.3, 0.4) is 0 Å². The first-order chi connectivity index (χ1) is 4.22. The molecule has 0 aromatic rings. The van der Waals surface area contributed by atoms with Crippen molar-refractivity contribution in [2.75, 3.05) is 6.61 Å². The summed E-state index contributed by atoms with van der Waals surface area (Å²) in [6.07, 6.45) is 0.385. The summed E-state index contributed by atoms with van der Waals surface area (Å²) < 4.78 is 4.67. The molecule has 0 saturated carbocycles. The van der Waals surface area contributed by atoms with E-state index < -0.39 is 0 Å². The van der Waals surface area contributed by atoms with Gasteiger partial charge in [0.2, 0.25) is 0 Å². The number of allylic oxidation sites excluding steroid dienone is 1. The van der Waals surface area contributed by atoms with Crippen molar-refractivity contribution in [1.29, 1.82) is 0 Å². The summed E-state index contributed by atoms with van der Waals surface area (Å²) in [5, 5.41) is 8.78. The minimum atomic E-state index is -0.216. The number of carbonyl (C=O) groups excluding carboxylic acids is 1. The Balaban J connectivity index is 2.84. The molecule has 0 aromatic heterocycles. The van der Waals surface area contributed by atoms with Crippen LogP contribution in [0.1, 0.15) is 13.3 Å². The number of ketones is 1. The highest BCUT2D eigenvalue weighted by Gasteiger charge is 2.16. The fourth-order valence-corrected chi connectivity index (χ4v) is 0.655. The lowest BCUT2D eigenvalue weighted by Gasteiger charge is -2.11. The molecule has 0 fully saturated rings. The normalized spacial score (nSPS) is 19.9. The summed E-state index contributed by atoms with van der Waals surface area (Å²) in [6.45, 7) is 1.86. The monoisotopic (exact) mass is 128 g/mol. The highest BCUT2D eigenvalue weighted by Crippen LogP contribution is 2.11. The molecule has 0 atom stereocenters. The van der Waals surface area contributed by atoms with E-state index in [1.807, 2.05) is 0 Å². The summed E-state index contributed by atoms with van der Waals surface area (Å²) in [4.78, 5) is 10.7. The molecule has 0 aliphatic carbocycles. The SMILES string of the molecule is CC1=C(O)OCCC1=O. The van der Waals surface area contributed by atoms with Crippen LogP contribution in [0.5, 0.6) is 0 Å². The van der Waals surface area contributed by atoms with Crippen molar-refractivity contribution in [3.05, 3.63) is 11.5 Å². The molecule has 0 amide bonds. The third-order valence-corrected chi connectivity index (χ3v) is 1.31. The summed E-state index contributed by atoms with van der Waals surface area (Å²) >= 11 is 0. The molecule has 50 valence electrons. The Bertz CT molecular complexity index is 169. The first-order valence-electron chi connectivity index (χ1n) is 2.77. The largest absolute Gasteiger partial charge is 0.481 e. The van der Waals surface area contributed by atoms with E-state index in [0.29, 0.717) is 18.6 Å². The first kappa shape index (κ1) is 6.13. The fourth-order valence-electron chi connectivity index (χ4n) is 0.655. The number of rotatable bonds is 0. The van der Waals surface area contributed by atoms with E-state index in [4.69, 9.17) is 5.11 Å². The molecular weight excluding hydrogens is 120 g/mol. The van der Waals surface area contributed by atoms with Gasteiger partial charge in [-0.25, -0.2) is 0 Å². The van der Waals surface area contributed by atoms with E-state index in [1.54, 1.807) is 6.92 Å². The Hall–Kier alpha value is -0.990. The van der Waals surface area contributed by atoms with E-state index in [9.17, 15) is 4.79 Å². The average molecular weight is 128 g/mol. The number of hydrogen-bond acceptors (Lipinski definition) is 3. The highest BCUT2D eigenvalue weighted by molar-refractivity contribution is 5.95. The van der Waals surface area contributed by atoms with Crippen LogP contribution in [-0.2, 0) is 9.53 Å². The lowest BCUT2D eigenvalue weighted by atomic mass is 10.1. The van der Waals surface area contributed by atoms with Crippen molar-refractivity contribution in [3.8, 4) is 0 Å². The third-order valence-electron chi connectivity index (χ3n) is 1.31. The van der Waals surface area contributed by atoms with Gasteiger partial charge in [-0.3, -0.25) is 4.79 Å². The molecule has 3 nitrogen and oxygen atoms in total. The molecule has 0 spiro atoms. The Morgan fingerprint density at radius 2 is 2.33 bits per heavy atom. The topological polar surface area (TPSA) is 46.5 Å². The minimum absolute atomic E-state index is 0.0289. The minimum Gasteiger partial charge on any atom is -0.481 e. The van der Waals surface area contributed by atoms with Gasteiger partial charge in [0.15, 0.2) is 5.78 Å². The van der Waals surface area contributed by atoms with Crippen LogP contribution in [-0.4, -0.2) is 17.5 Å². The van der Waals surface area contributed by atoms with Crippen LogP contribution in [0, 0.1) is 0 Å². The Kier molecular flexibility index (Phi) is 1.42. The average Bonchev–Trinajstić information content (AvgIpc) is 1.83. The molecule has 1 aliphatic rings. The second-order valence-corrected chi connectivity index (χ2v) is 1.95. The van der Waals surface area contributed by atoms with Gasteiger partial charge in [-0.2, -0.15) is 0 Å². The van der Waals surface area contributed by atoms with Crippen molar-refractivity contribution in [3.63, 3.8) is 0 Å². The number of aliphatic hydroxyl groups is 1. The predicted molar refractivity (Wildman–Crippen MR) is 30.9 cm³/mol. The molecule has 0 radical (unpaired) electrons. The van der Waals surface area contributed by atoms with E-state index in [-0.39, 0.29) is 11.7 Å². The van der Waals surface area contributed by atoms with Crippen LogP contribution in [0.2, 0.25) is 0 Å². The molecule has 1 heterocycles. The van der Waals surface area contributed by atoms with Gasteiger partial charge in [0, 0.05) is 6.42 Å². The lowest BCUT2D eigenvalue weighted by Crippen LogP contribution is -2.14. The standard InChI is InChI=1S/C6H8O3/c1-4-5(7)2-3-9-6(4)8/h8H,2-3H2,1H3. The zero-order chi connectivity index (χ0) is 6.85. The van der Waals surface area contributed by atoms with E-state index in [2.05, 4.69) is 4.74 Å². The highest BCUT2D eigenvalue weighted by atomic mass is 16.6. The summed E-state index contributed by atoms with van der Waals surface area (Å²) in [5.41, 5.74) is 0.334. The van der Waals surface area contributed by atoms with E-state index in [1.165, 1.54) is 0 Å². The fraction of sp³-hybridized carbons (Fsp3) is 0.500. The zero-order valence-corrected chi connectivity index (χ0v) is 5.18.